The molecule has 1 fully saturated rings. The Hall–Kier alpha value is -8.22. The van der Waals surface area contributed by atoms with Gasteiger partial charge in [0.1, 0.15) is 0 Å². The van der Waals surface area contributed by atoms with Gasteiger partial charge in [-0.1, -0.05) is 239 Å². The lowest BCUT2D eigenvalue weighted by molar-refractivity contribution is 0.346. The van der Waals surface area contributed by atoms with E-state index in [-0.39, 0.29) is 5.41 Å². The van der Waals surface area contributed by atoms with Gasteiger partial charge in [0.05, 0.1) is 13.1 Å². The quantitative estimate of drug-likeness (QED) is 0.0593. The van der Waals surface area contributed by atoms with Gasteiger partial charge >= 0.3 is 0 Å². The number of rotatable bonds is 14. The van der Waals surface area contributed by atoms with Crippen LogP contribution in [0.25, 0.3) is 16.7 Å². The summed E-state index contributed by atoms with van der Waals surface area (Å²) in [7, 11) is 0. The first-order valence-electron chi connectivity index (χ1n) is 23.2. The Labute approximate surface area is 401 Å². The third-order valence-electron chi connectivity index (χ3n) is 12.6. The summed E-state index contributed by atoms with van der Waals surface area (Å²) < 4.78 is 0. The molecule has 0 radical (unpaired) electrons. The molecule has 0 N–H and O–H groups in total. The van der Waals surface area contributed by atoms with Crippen molar-refractivity contribution in [3.05, 3.63) is 270 Å². The highest BCUT2D eigenvalue weighted by Gasteiger charge is 2.35. The van der Waals surface area contributed by atoms with E-state index in [0.717, 1.165) is 68.5 Å². The summed E-state index contributed by atoms with van der Waals surface area (Å²) >= 11 is 0. The monoisotopic (exact) mass is 884 g/mol. The summed E-state index contributed by atoms with van der Waals surface area (Å²) in [5.41, 5.74) is 12.6. The Morgan fingerprint density at radius 1 is 0.426 bits per heavy atom. The van der Waals surface area contributed by atoms with Crippen LogP contribution in [0, 0.1) is 0 Å². The maximum absolute atomic E-state index is 5.10. The van der Waals surface area contributed by atoms with Gasteiger partial charge in [-0.15, -0.1) is 0 Å². The Morgan fingerprint density at radius 3 is 1.31 bits per heavy atom. The minimum absolute atomic E-state index is 0.122. The van der Waals surface area contributed by atoms with Crippen LogP contribution in [0.15, 0.2) is 249 Å². The minimum Gasteiger partial charge on any atom is -0.261 e. The molecule has 0 atom stereocenters. The second-order valence-corrected chi connectivity index (χ2v) is 16.8. The number of aliphatic imine (C=N–C) groups is 6. The zero-order chi connectivity index (χ0) is 47.0. The first-order valence-corrected chi connectivity index (χ1v) is 23.2. The topological polar surface area (TPSA) is 74.2 Å². The van der Waals surface area contributed by atoms with E-state index in [2.05, 4.69) is 134 Å². The Morgan fingerprint density at radius 2 is 0.824 bits per heavy atom. The van der Waals surface area contributed by atoms with Crippen molar-refractivity contribution in [2.24, 2.45) is 30.0 Å². The van der Waals surface area contributed by atoms with Gasteiger partial charge in [-0.25, -0.2) is 20.0 Å². The number of hydrogen-bond donors (Lipinski definition) is 0. The van der Waals surface area contributed by atoms with Gasteiger partial charge in [0, 0.05) is 27.7 Å². The van der Waals surface area contributed by atoms with Crippen LogP contribution in [0.1, 0.15) is 82.2 Å². The predicted octanol–water partition coefficient (Wildman–Crippen LogP) is 14.5. The van der Waals surface area contributed by atoms with Crippen molar-refractivity contribution in [1.29, 1.82) is 0 Å². The number of nitrogens with zero attached hydrogens (tertiary/aromatic N) is 6. The Kier molecular flexibility index (Phi) is 15.5. The summed E-state index contributed by atoms with van der Waals surface area (Å²) in [6, 6.07) is 64.9. The molecule has 6 heteroatoms. The molecular weight excluding hydrogens is 829 g/mol. The van der Waals surface area contributed by atoms with Crippen LogP contribution < -0.4 is 0 Å². The van der Waals surface area contributed by atoms with Crippen LogP contribution in [0.5, 0.6) is 0 Å². The van der Waals surface area contributed by atoms with Crippen LogP contribution >= 0.6 is 0 Å². The van der Waals surface area contributed by atoms with Crippen molar-refractivity contribution in [2.75, 3.05) is 0 Å². The molecule has 1 aliphatic carbocycles. The normalized spacial score (nSPS) is 14.5. The average Bonchev–Trinajstić information content (AvgIpc) is 3.42. The van der Waals surface area contributed by atoms with Crippen LogP contribution in [-0.2, 0) is 18.5 Å². The summed E-state index contributed by atoms with van der Waals surface area (Å²) in [4.78, 5) is 28.9. The standard InChI is InChI=1S/C62H56N6/c1-5-19-48(6-2)50-30-26-46(27-31-50)44-66-61(67-58(63-3)52-22-13-8-14-23-52)55-36-40-57(41-37-55)62(42-17-10-18-43-62)56-38-28-47(29-39-56)45-65-60(53-24-15-9-16-25-53)68-59(64-4)54-34-32-51(33-35-54)49-20-11-7-12-21-49/h5-9,11-16,19-41H,1-4,10,17-18,42-45H2/b48-19+,65-60?,66-61?,67-58?,68-59?. The van der Waals surface area contributed by atoms with Gasteiger partial charge < -0.3 is 0 Å². The maximum atomic E-state index is 5.10. The summed E-state index contributed by atoms with van der Waals surface area (Å²) in [6.07, 6.45) is 11.3. The van der Waals surface area contributed by atoms with Gasteiger partial charge in [0.2, 0.25) is 0 Å². The molecule has 0 bridgehead atoms. The van der Waals surface area contributed by atoms with Gasteiger partial charge in [-0.05, 0) is 70.8 Å². The number of benzene rings is 7. The second kappa shape index (κ2) is 22.8. The van der Waals surface area contributed by atoms with Gasteiger partial charge in [0.15, 0.2) is 23.3 Å². The molecule has 0 unspecified atom stereocenters. The van der Waals surface area contributed by atoms with E-state index in [1.54, 1.807) is 6.08 Å². The largest absolute Gasteiger partial charge is 0.261 e. The first-order chi connectivity index (χ1) is 33.5. The van der Waals surface area contributed by atoms with Crippen LogP contribution in [0.2, 0.25) is 0 Å². The molecule has 0 amide bonds. The number of hydrogen-bond acceptors (Lipinski definition) is 2. The highest BCUT2D eigenvalue weighted by molar-refractivity contribution is 6.13. The molecule has 0 spiro atoms. The zero-order valence-electron chi connectivity index (χ0n) is 38.6. The molecule has 1 saturated carbocycles. The minimum atomic E-state index is -0.122. The fourth-order valence-corrected chi connectivity index (χ4v) is 8.89. The lowest BCUT2D eigenvalue weighted by atomic mass is 9.65. The van der Waals surface area contributed by atoms with Crippen molar-refractivity contribution in [3.63, 3.8) is 0 Å². The lowest BCUT2D eigenvalue weighted by Gasteiger charge is -2.39. The Balaban J connectivity index is 1.06. The lowest BCUT2D eigenvalue weighted by Crippen LogP contribution is -2.30. The van der Waals surface area contributed by atoms with E-state index in [0.29, 0.717) is 36.4 Å². The van der Waals surface area contributed by atoms with E-state index in [1.807, 2.05) is 103 Å². The maximum Gasteiger partial charge on any atom is 0.161 e. The third-order valence-corrected chi connectivity index (χ3v) is 12.6. The van der Waals surface area contributed by atoms with Crippen molar-refractivity contribution in [2.45, 2.75) is 50.6 Å². The van der Waals surface area contributed by atoms with Gasteiger partial charge in [0.25, 0.3) is 0 Å². The second-order valence-electron chi connectivity index (χ2n) is 16.8. The van der Waals surface area contributed by atoms with Gasteiger partial charge in [-0.3, -0.25) is 9.98 Å². The molecule has 0 saturated heterocycles. The van der Waals surface area contributed by atoms with Crippen molar-refractivity contribution >= 4 is 42.4 Å². The van der Waals surface area contributed by atoms with E-state index < -0.39 is 0 Å². The molecular formula is C62H56N6. The highest BCUT2D eigenvalue weighted by atomic mass is 15.0. The molecule has 6 nitrogen and oxygen atoms in total. The number of amidine groups is 4. The SMILES string of the molecule is C=C/C=C(\C=C)c1ccc(CN=C(N=C(N=C)c2ccccc2)c2ccc(C3(c4ccc(CN=C(N=C(N=C)c5ccc(-c6ccccc6)cc5)c5ccccc5)cc4)CCCCC3)cc2)cc1. The molecule has 0 heterocycles. The first kappa shape index (κ1) is 46.3. The smallest absolute Gasteiger partial charge is 0.161 e. The molecule has 0 aliphatic heterocycles. The van der Waals surface area contributed by atoms with E-state index >= 15 is 0 Å². The van der Waals surface area contributed by atoms with Crippen LogP contribution in [-0.4, -0.2) is 36.8 Å². The molecule has 1 aliphatic rings. The molecule has 7 aromatic carbocycles. The van der Waals surface area contributed by atoms with Crippen LogP contribution in [0.4, 0.5) is 0 Å². The van der Waals surface area contributed by atoms with E-state index in [9.17, 15) is 0 Å². The van der Waals surface area contributed by atoms with Crippen LogP contribution in [0.3, 0.4) is 0 Å². The predicted molar refractivity (Wildman–Crippen MR) is 289 cm³/mol. The van der Waals surface area contributed by atoms with E-state index in [4.69, 9.17) is 20.0 Å². The highest BCUT2D eigenvalue weighted by Crippen LogP contribution is 2.45. The third kappa shape index (κ3) is 11.2. The fraction of sp³-hybridized carbons (Fsp3) is 0.129. The molecule has 8 rings (SSSR count). The zero-order valence-corrected chi connectivity index (χ0v) is 38.6. The fourth-order valence-electron chi connectivity index (χ4n) is 8.89. The summed E-state index contributed by atoms with van der Waals surface area (Å²) in [5.74, 6) is 2.26. The molecule has 334 valence electrons. The molecule has 0 aromatic heterocycles. The number of allylic oxidation sites excluding steroid dienone is 4. The average molecular weight is 885 g/mol. The summed E-state index contributed by atoms with van der Waals surface area (Å²) in [5, 5.41) is 0. The van der Waals surface area contributed by atoms with Crippen molar-refractivity contribution < 1.29 is 0 Å². The Bertz CT molecular complexity index is 2970. The van der Waals surface area contributed by atoms with E-state index in [1.165, 1.54) is 30.4 Å². The molecule has 68 heavy (non-hydrogen) atoms. The molecule has 7 aromatic rings. The van der Waals surface area contributed by atoms with Crippen molar-refractivity contribution in [3.8, 4) is 11.1 Å². The summed E-state index contributed by atoms with van der Waals surface area (Å²) in [6.45, 7) is 16.5. The van der Waals surface area contributed by atoms with Gasteiger partial charge in [-0.2, -0.15) is 0 Å². The van der Waals surface area contributed by atoms with Crippen molar-refractivity contribution in [1.82, 2.24) is 0 Å².